The van der Waals surface area contributed by atoms with Gasteiger partial charge in [-0.15, -0.1) is 0 Å². The van der Waals surface area contributed by atoms with Crippen molar-refractivity contribution in [1.82, 2.24) is 10.3 Å². The highest BCUT2D eigenvalue weighted by Gasteiger charge is 2.27. The molecule has 0 aliphatic carbocycles. The zero-order valence-electron chi connectivity index (χ0n) is 13.4. The summed E-state index contributed by atoms with van der Waals surface area (Å²) < 4.78 is 5.80. The Morgan fingerprint density at radius 2 is 1.91 bits per heavy atom. The van der Waals surface area contributed by atoms with Gasteiger partial charge in [-0.2, -0.15) is 0 Å². The molecule has 0 saturated carbocycles. The first-order valence-electron chi connectivity index (χ1n) is 7.01. The van der Waals surface area contributed by atoms with Crippen LogP contribution in [0.4, 0.5) is 10.6 Å². The molecule has 0 saturated heterocycles. The van der Waals surface area contributed by atoms with Gasteiger partial charge in [0, 0.05) is 0 Å². The van der Waals surface area contributed by atoms with Crippen molar-refractivity contribution in [2.75, 3.05) is 5.32 Å². The number of carbonyl (C=O) groups excluding carboxylic acids is 2. The van der Waals surface area contributed by atoms with Crippen molar-refractivity contribution >= 4 is 33.7 Å². The van der Waals surface area contributed by atoms with E-state index in [4.69, 9.17) is 4.74 Å². The van der Waals surface area contributed by atoms with Gasteiger partial charge in [0.25, 0.3) is 0 Å². The molecule has 0 spiro atoms. The lowest BCUT2D eigenvalue weighted by Gasteiger charge is -2.25. The number of carbonyl (C=O) groups is 2. The van der Waals surface area contributed by atoms with Crippen LogP contribution in [0.15, 0.2) is 22.8 Å². The summed E-state index contributed by atoms with van der Waals surface area (Å²) in [7, 11) is 0. The third kappa shape index (κ3) is 6.43. The second-order valence-corrected chi connectivity index (χ2v) is 7.02. The largest absolute Gasteiger partial charge is 0.444 e. The molecule has 2 amide bonds. The van der Waals surface area contributed by atoms with Gasteiger partial charge in [0.1, 0.15) is 22.1 Å². The van der Waals surface area contributed by atoms with E-state index < -0.39 is 17.7 Å². The molecule has 0 radical (unpaired) electrons. The molecule has 2 N–H and O–H groups in total. The Balaban J connectivity index is 2.74. The first kappa shape index (κ1) is 18.4. The molecule has 6 nitrogen and oxygen atoms in total. The van der Waals surface area contributed by atoms with E-state index >= 15 is 0 Å². The normalized spacial score (nSPS) is 12.7. The summed E-state index contributed by atoms with van der Waals surface area (Å²) in [5.41, 5.74) is -0.617. The van der Waals surface area contributed by atoms with Gasteiger partial charge in [0.05, 0.1) is 0 Å². The highest BCUT2D eigenvalue weighted by Crippen LogP contribution is 2.13. The first-order chi connectivity index (χ1) is 10.1. The van der Waals surface area contributed by atoms with E-state index in [-0.39, 0.29) is 11.8 Å². The summed E-state index contributed by atoms with van der Waals surface area (Å²) in [6.07, 6.45) is -0.622. The van der Waals surface area contributed by atoms with Crippen molar-refractivity contribution in [1.29, 1.82) is 0 Å². The van der Waals surface area contributed by atoms with Crippen molar-refractivity contribution in [2.45, 2.75) is 46.3 Å². The minimum atomic E-state index is -0.712. The van der Waals surface area contributed by atoms with Gasteiger partial charge < -0.3 is 15.4 Å². The van der Waals surface area contributed by atoms with Crippen LogP contribution in [0, 0.1) is 5.92 Å². The van der Waals surface area contributed by atoms with Gasteiger partial charge in [-0.3, -0.25) is 4.79 Å². The average Bonchev–Trinajstić information content (AvgIpc) is 2.33. The highest BCUT2D eigenvalue weighted by atomic mass is 79.9. The molecule has 7 heteroatoms. The van der Waals surface area contributed by atoms with Crippen molar-refractivity contribution in [3.8, 4) is 0 Å². The van der Waals surface area contributed by atoms with E-state index in [0.29, 0.717) is 10.4 Å². The molecule has 1 rings (SSSR count). The summed E-state index contributed by atoms with van der Waals surface area (Å²) >= 11 is 3.24. The van der Waals surface area contributed by atoms with Gasteiger partial charge in [0.2, 0.25) is 5.91 Å². The molecule has 0 unspecified atom stereocenters. The lowest BCUT2D eigenvalue weighted by molar-refractivity contribution is -0.119. The number of hydrogen-bond acceptors (Lipinski definition) is 4. The summed E-state index contributed by atoms with van der Waals surface area (Å²) in [4.78, 5) is 28.3. The van der Waals surface area contributed by atoms with Crippen molar-refractivity contribution in [3.63, 3.8) is 0 Å². The minimum absolute atomic E-state index is 0.0975. The summed E-state index contributed by atoms with van der Waals surface area (Å²) in [5.74, 6) is -0.0258. The number of anilines is 1. The second-order valence-electron chi connectivity index (χ2n) is 6.20. The maximum Gasteiger partial charge on any atom is 0.408 e. The number of amides is 2. The number of nitrogens with zero attached hydrogens (tertiary/aromatic N) is 1. The predicted octanol–water partition coefficient (Wildman–Crippen LogP) is 3.33. The first-order valence-corrected chi connectivity index (χ1v) is 7.81. The lowest BCUT2D eigenvalue weighted by Crippen LogP contribution is -2.48. The van der Waals surface area contributed by atoms with Gasteiger partial charge >= 0.3 is 6.09 Å². The third-order valence-electron chi connectivity index (χ3n) is 2.59. The Morgan fingerprint density at radius 3 is 2.41 bits per heavy atom. The van der Waals surface area contributed by atoms with Crippen LogP contribution >= 0.6 is 15.9 Å². The number of rotatable bonds is 4. The molecular formula is C15H22BrN3O3. The molecule has 0 bridgehead atoms. The van der Waals surface area contributed by atoms with Gasteiger partial charge in [0.15, 0.2) is 0 Å². The van der Waals surface area contributed by atoms with E-state index in [0.717, 1.165) is 0 Å². The second kappa shape index (κ2) is 7.58. The number of hydrogen-bond donors (Lipinski definition) is 2. The Kier molecular flexibility index (Phi) is 6.34. The molecule has 1 atom stereocenters. The van der Waals surface area contributed by atoms with Crippen LogP contribution in [0.2, 0.25) is 0 Å². The predicted molar refractivity (Wildman–Crippen MR) is 88.6 cm³/mol. The quantitative estimate of drug-likeness (QED) is 0.795. The van der Waals surface area contributed by atoms with Crippen LogP contribution < -0.4 is 10.6 Å². The smallest absolute Gasteiger partial charge is 0.408 e. The van der Waals surface area contributed by atoms with Crippen molar-refractivity contribution in [2.24, 2.45) is 5.92 Å². The Labute approximate surface area is 139 Å². The molecule has 22 heavy (non-hydrogen) atoms. The van der Waals surface area contributed by atoms with E-state index in [1.54, 1.807) is 39.0 Å². The van der Waals surface area contributed by atoms with Crippen LogP contribution in [0.25, 0.3) is 0 Å². The highest BCUT2D eigenvalue weighted by molar-refractivity contribution is 9.10. The topological polar surface area (TPSA) is 80.3 Å². The van der Waals surface area contributed by atoms with E-state index in [2.05, 4.69) is 31.5 Å². The fourth-order valence-corrected chi connectivity index (χ4v) is 1.99. The van der Waals surface area contributed by atoms with E-state index in [1.807, 2.05) is 13.8 Å². The molecule has 0 aliphatic rings. The maximum atomic E-state index is 12.3. The summed E-state index contributed by atoms with van der Waals surface area (Å²) in [6.45, 7) is 8.99. The monoisotopic (exact) mass is 371 g/mol. The molecule has 1 aromatic rings. The summed E-state index contributed by atoms with van der Waals surface area (Å²) in [5, 5.41) is 5.28. The molecule has 0 aliphatic heterocycles. The zero-order valence-corrected chi connectivity index (χ0v) is 15.0. The fraction of sp³-hybridized carbons (Fsp3) is 0.533. The number of ether oxygens (including phenoxy) is 1. The number of aromatic nitrogens is 1. The van der Waals surface area contributed by atoms with E-state index in [1.165, 1.54) is 0 Å². The molecule has 0 aromatic carbocycles. The molecule has 0 fully saturated rings. The van der Waals surface area contributed by atoms with Crippen molar-refractivity contribution in [3.05, 3.63) is 22.8 Å². The average molecular weight is 372 g/mol. The van der Waals surface area contributed by atoms with Gasteiger partial charge in [-0.1, -0.05) is 19.9 Å². The maximum absolute atomic E-state index is 12.3. The van der Waals surface area contributed by atoms with Crippen LogP contribution in [-0.2, 0) is 9.53 Å². The van der Waals surface area contributed by atoms with Gasteiger partial charge in [-0.25, -0.2) is 9.78 Å². The Morgan fingerprint density at radius 1 is 1.27 bits per heavy atom. The summed E-state index contributed by atoms with van der Waals surface area (Å²) in [6, 6.07) is 4.48. The number of pyridine rings is 1. The third-order valence-corrected chi connectivity index (χ3v) is 3.03. The standard InChI is InChI=1S/C15H22BrN3O3/c1-9(2)12(19-14(21)22-15(3,4)5)13(20)18-11-8-6-7-10(16)17-11/h6-9,12H,1-5H3,(H,19,21)(H,17,18,20)/t12-/m0/s1. The van der Waals surface area contributed by atoms with Gasteiger partial charge in [-0.05, 0) is 54.8 Å². The van der Waals surface area contributed by atoms with Crippen LogP contribution in [0.5, 0.6) is 0 Å². The number of alkyl carbamates (subject to hydrolysis) is 1. The fourth-order valence-electron chi connectivity index (χ4n) is 1.65. The molecular weight excluding hydrogens is 350 g/mol. The Hall–Kier alpha value is -1.63. The van der Waals surface area contributed by atoms with Crippen LogP contribution in [-0.4, -0.2) is 28.6 Å². The molecule has 122 valence electrons. The minimum Gasteiger partial charge on any atom is -0.444 e. The lowest BCUT2D eigenvalue weighted by atomic mass is 10.0. The molecule has 1 aromatic heterocycles. The van der Waals surface area contributed by atoms with E-state index in [9.17, 15) is 9.59 Å². The van der Waals surface area contributed by atoms with Crippen molar-refractivity contribution < 1.29 is 14.3 Å². The Bertz CT molecular complexity index is 541. The number of nitrogens with one attached hydrogen (secondary N) is 2. The van der Waals surface area contributed by atoms with Crippen LogP contribution in [0.1, 0.15) is 34.6 Å². The number of halogens is 1. The zero-order chi connectivity index (χ0) is 16.9. The SMILES string of the molecule is CC(C)[C@H](NC(=O)OC(C)(C)C)C(=O)Nc1cccc(Br)n1. The van der Waals surface area contributed by atoms with Crippen LogP contribution in [0.3, 0.4) is 0 Å². The molecule has 1 heterocycles.